The van der Waals surface area contributed by atoms with Crippen LogP contribution in [0.1, 0.15) is 211 Å². The van der Waals surface area contributed by atoms with Gasteiger partial charge in [-0.1, -0.05) is 92.2 Å². The van der Waals surface area contributed by atoms with Crippen LogP contribution in [-0.4, -0.2) is 414 Å². The Morgan fingerprint density at radius 2 is 0.963 bits per heavy atom. The number of ether oxygens (including phenoxy) is 17. The van der Waals surface area contributed by atoms with Crippen LogP contribution in [0.4, 0.5) is 0 Å². The van der Waals surface area contributed by atoms with E-state index in [9.17, 15) is 122 Å². The predicted molar refractivity (Wildman–Crippen MR) is 455 cm³/mol. The van der Waals surface area contributed by atoms with Gasteiger partial charge in [0.15, 0.2) is 62.3 Å². The Kier molecular flexibility index (Phi) is 35.5. The summed E-state index contributed by atoms with van der Waals surface area (Å²) in [7, 11) is 0. The number of allylic oxidation sites excluding steroid dienone is 2. The van der Waals surface area contributed by atoms with Gasteiger partial charge in [-0.2, -0.15) is 0 Å². The Labute approximate surface area is 783 Å². The summed E-state index contributed by atoms with van der Waals surface area (Å²) in [5.74, 6) is -4.45. The molecule has 0 aromatic heterocycles. The number of hydrogen-bond donors (Lipinski definition) is 22. The predicted octanol–water partition coefficient (Wildman–Crippen LogP) is -3.13. The first-order valence-corrected chi connectivity index (χ1v) is 48.2. The van der Waals surface area contributed by atoms with E-state index < -0.39 is 334 Å². The monoisotopic (exact) mass is 1940 g/mol. The van der Waals surface area contributed by atoms with E-state index in [-0.39, 0.29) is 49.9 Å². The zero-order valence-corrected chi connectivity index (χ0v) is 78.6. The van der Waals surface area contributed by atoms with Crippen molar-refractivity contribution in [2.75, 3.05) is 26.4 Å². The first kappa shape index (κ1) is 109. The first-order valence-electron chi connectivity index (χ1n) is 48.2. The van der Waals surface area contributed by atoms with Crippen LogP contribution in [0.25, 0.3) is 0 Å². The Balaban J connectivity index is 0.776. The number of ketones is 1. The fraction of sp³-hybridized carbons (Fsp3) is 0.935. The molecule has 4 saturated carbocycles. The van der Waals surface area contributed by atoms with Gasteiger partial charge in [-0.3, -0.25) is 14.4 Å². The van der Waals surface area contributed by atoms with Gasteiger partial charge in [0.05, 0.1) is 69.0 Å². The van der Waals surface area contributed by atoms with Crippen LogP contribution < -0.4 is 0 Å². The van der Waals surface area contributed by atoms with Crippen LogP contribution in [0.3, 0.4) is 0 Å². The molecule has 12 fully saturated rings. The highest BCUT2D eigenvalue weighted by Gasteiger charge is 2.73. The second kappa shape index (κ2) is 44.1. The summed E-state index contributed by atoms with van der Waals surface area (Å²) in [6, 6.07) is 0. The summed E-state index contributed by atoms with van der Waals surface area (Å²) in [5, 5.41) is 244. The lowest BCUT2D eigenvalue weighted by molar-refractivity contribution is -0.404. The summed E-state index contributed by atoms with van der Waals surface area (Å²) in [6.45, 7) is 18.6. The minimum atomic E-state index is -2.22. The van der Waals surface area contributed by atoms with E-state index in [0.29, 0.717) is 103 Å². The van der Waals surface area contributed by atoms with E-state index in [0.717, 1.165) is 5.57 Å². The number of aliphatic carboxylic acids is 1. The van der Waals surface area contributed by atoms with Gasteiger partial charge in [-0.25, -0.2) is 4.79 Å². The number of unbranched alkanes of at least 4 members (excludes halogenated alkanes) is 6. The largest absolute Gasteiger partial charge is 0.479 e. The molecule has 0 spiro atoms. The van der Waals surface area contributed by atoms with Crippen molar-refractivity contribution in [2.45, 2.75) is 463 Å². The Hall–Kier alpha value is -3.62. The maximum absolute atomic E-state index is 16.6. The number of esters is 2. The van der Waals surface area contributed by atoms with Crippen molar-refractivity contribution in [1.82, 2.24) is 0 Å². The molecule has 5 aliphatic carbocycles. The molecular weight excluding hydrogens is 1790 g/mol. The van der Waals surface area contributed by atoms with Gasteiger partial charge in [0, 0.05) is 19.4 Å². The van der Waals surface area contributed by atoms with Crippen LogP contribution in [0, 0.1) is 50.2 Å². The molecule has 13 rings (SSSR count). The number of fused-ring (bicyclic) bond motifs is 7. The fourth-order valence-electron chi connectivity index (χ4n) is 24.3. The third kappa shape index (κ3) is 22.0. The van der Waals surface area contributed by atoms with Gasteiger partial charge in [-0.15, -0.1) is 0 Å². The molecule has 0 amide bonds. The maximum atomic E-state index is 16.6. The fourth-order valence-corrected chi connectivity index (χ4v) is 24.3. The molecule has 8 saturated heterocycles. The van der Waals surface area contributed by atoms with Crippen LogP contribution >= 0.6 is 0 Å². The third-order valence-electron chi connectivity index (χ3n) is 32.7. The molecule has 135 heavy (non-hydrogen) atoms. The molecule has 776 valence electrons. The highest BCUT2D eigenvalue weighted by molar-refractivity contribution is 5.80. The van der Waals surface area contributed by atoms with E-state index in [4.69, 9.17) is 80.5 Å². The number of carbonyl (C=O) groups excluding carboxylic acids is 3. The number of rotatable bonds is 34. The van der Waals surface area contributed by atoms with Gasteiger partial charge in [0.1, 0.15) is 152 Å². The standard InChI is InChI=1S/C92H150O43/c1-38-54(99)59(104)65(110)78(122-38)119-31-19-15-14-17-21-42(94)20-16-12-13-18-22-43(126-80-66(111)60(105)55(100)39(2)123-80)32-53(98)129-71-40(3)125-85(76(69(71)114)134-84-75(70(115)72(41(4)124-84)130-79-64(109)56(101)46(95)36-120-79)133-83-74(57(102)47(96)37-121-83)132-81-67(112)61(106)58(103)48(35-93)127-81)135-86(118)92-30-29-87(5,6)33-45(92)44-23-24-50-89(9)27-26-52(128-82-68(113)62(107)63(108)73(131-82)77(116)117)88(7,8)49(89)25-28-90(50,10)91(44,11)34-51(92)97/h23,38-41,43,45-52,54-76,78-85,93,95-97,99-115H,12-22,24-37H2,1-11H3,(H,116,117)/t38-,39-,40+,41-,43+,45-,46+,47-,48+,49-,50+,51+,52-,54-,55-,56-,57-,58-,59+,60+,61-,62-,63-,64+,65+,66+,67+,68+,69-,70+,71-,72-,73-,74+,75+,76+,78+,79-,80-,81-,82+,83-,84-,85-,89-,90+,91+,92+/m0/s1. The number of carboxylic acid groups (broad SMARTS) is 1. The number of carbonyl (C=O) groups is 4. The number of aliphatic hydroxyl groups is 21. The second-order valence-electron chi connectivity index (χ2n) is 42.4. The number of carboxylic acids is 1. The molecule has 8 heterocycles. The lowest BCUT2D eigenvalue weighted by atomic mass is 9.33. The van der Waals surface area contributed by atoms with Crippen molar-refractivity contribution in [2.24, 2.45) is 50.2 Å². The van der Waals surface area contributed by atoms with E-state index in [1.165, 1.54) is 20.8 Å². The van der Waals surface area contributed by atoms with Crippen molar-refractivity contribution < 1.29 is 212 Å². The summed E-state index contributed by atoms with van der Waals surface area (Å²) < 4.78 is 104. The highest BCUT2D eigenvalue weighted by Crippen LogP contribution is 2.76. The van der Waals surface area contributed by atoms with Crippen molar-refractivity contribution in [3.05, 3.63) is 11.6 Å². The second-order valence-corrected chi connectivity index (χ2v) is 42.4. The molecule has 0 bridgehead atoms. The Morgan fingerprint density at radius 3 is 1.61 bits per heavy atom. The van der Waals surface area contributed by atoms with E-state index in [1.807, 2.05) is 0 Å². The minimum absolute atomic E-state index is 0.0345. The molecule has 8 aliphatic heterocycles. The van der Waals surface area contributed by atoms with E-state index >= 15 is 9.59 Å². The molecule has 0 aromatic rings. The molecule has 0 unspecified atom stereocenters. The van der Waals surface area contributed by atoms with Gasteiger partial charge in [0.25, 0.3) is 0 Å². The van der Waals surface area contributed by atoms with Crippen LogP contribution in [-0.2, 0) is 99.7 Å². The molecule has 43 heteroatoms. The number of aliphatic hydroxyl groups excluding tert-OH is 21. The first-order chi connectivity index (χ1) is 63.5. The zero-order valence-electron chi connectivity index (χ0n) is 78.6. The van der Waals surface area contributed by atoms with E-state index in [1.54, 1.807) is 6.92 Å². The lowest BCUT2D eigenvalue weighted by Gasteiger charge is -2.71. The van der Waals surface area contributed by atoms with Crippen molar-refractivity contribution >= 4 is 23.7 Å². The smallest absolute Gasteiger partial charge is 0.335 e. The number of hydrogen-bond acceptors (Lipinski definition) is 42. The van der Waals surface area contributed by atoms with Gasteiger partial charge in [-0.05, 0) is 156 Å². The van der Waals surface area contributed by atoms with Crippen molar-refractivity contribution in [3.63, 3.8) is 0 Å². The van der Waals surface area contributed by atoms with Gasteiger partial charge in [0.2, 0.25) is 6.29 Å². The summed E-state index contributed by atoms with van der Waals surface area (Å²) in [5.41, 5.74) is -3.81. The summed E-state index contributed by atoms with van der Waals surface area (Å²) in [4.78, 5) is 56.9. The lowest BCUT2D eigenvalue weighted by Crippen LogP contribution is -2.69. The van der Waals surface area contributed by atoms with Crippen LogP contribution in [0.15, 0.2) is 11.6 Å². The SMILES string of the molecule is C[C@@H]1O[C@@H](OCCCCCCC(=O)CCCCCC[C@H](CC(=O)O[C@@H]2[C@H](O)[C@@H](O[C@@H]3O[C@@H](C)[C@H](O[C@@H]4OC[C@@H](O)[C@H](O)[C@H]4O)[C@@H](O)[C@H]3O[C@@H]3OC[C@H](O)[C@H](O)[C@H]3O[C@@H]3O[C@H](CO)[C@H](O)[C@H](O)[C@H]3O)[C@H](OC(=O)[C@]34CCC(C)(C)C[C@H]3C3=CC[C@@H]5[C@@]6(C)CC[C@H](O[C@@H]7O[C@H](C(=O)O)[C@@H](O)[C@H](O)[C@H]7O)C(C)(C)[C@@H]6CC[C@@]5(C)[C@]3(C)C[C@H]4O)O[C@@H]2C)O[C@@H]2O[C@@H](C)[C@H](O)[C@@H](O)[C@H]2O)[C@H](O)[C@H](O)[C@H]1O. The van der Waals surface area contributed by atoms with Crippen molar-refractivity contribution in [1.29, 1.82) is 0 Å². The summed E-state index contributed by atoms with van der Waals surface area (Å²) >= 11 is 0. The Morgan fingerprint density at radius 1 is 0.444 bits per heavy atom. The van der Waals surface area contributed by atoms with E-state index in [2.05, 4.69) is 54.5 Å². The average molecular weight is 1940 g/mol. The molecule has 22 N–H and O–H groups in total. The van der Waals surface area contributed by atoms with Gasteiger partial charge >= 0.3 is 17.9 Å². The number of Topliss-reactive ketones (excluding diaryl/α,β-unsaturated/α-hetero) is 1. The normalized spacial score (nSPS) is 49.0. The molecule has 0 aromatic carbocycles. The summed E-state index contributed by atoms with van der Waals surface area (Å²) in [6.07, 6.45) is -60.4. The van der Waals surface area contributed by atoms with Crippen LogP contribution in [0.5, 0.6) is 0 Å². The third-order valence-corrected chi connectivity index (χ3v) is 32.7. The maximum Gasteiger partial charge on any atom is 0.335 e. The van der Waals surface area contributed by atoms with Gasteiger partial charge < -0.3 is 193 Å². The molecule has 0 radical (unpaired) electrons. The topological polar surface area (TPSA) is 670 Å². The molecule has 48 atom stereocenters. The minimum Gasteiger partial charge on any atom is -0.479 e. The molecule has 13 aliphatic rings. The quantitative estimate of drug-likeness (QED) is 0.0131. The molecular formula is C92H150O43. The van der Waals surface area contributed by atoms with Crippen molar-refractivity contribution in [3.8, 4) is 0 Å². The van der Waals surface area contributed by atoms with Crippen LogP contribution in [0.2, 0.25) is 0 Å². The molecule has 43 nitrogen and oxygen atoms in total. The Bertz CT molecular complexity index is 3920. The average Bonchev–Trinajstić information content (AvgIpc) is 0.668. The zero-order chi connectivity index (χ0) is 98.7. The highest BCUT2D eigenvalue weighted by atomic mass is 16.8.